The summed E-state index contributed by atoms with van der Waals surface area (Å²) in [6.45, 7) is 14.0. The first-order chi connectivity index (χ1) is 15.2. The second kappa shape index (κ2) is 13.4. The Hall–Kier alpha value is -2.29. The number of aromatic nitrogens is 1. The van der Waals surface area contributed by atoms with Gasteiger partial charge in [0.05, 0.1) is 11.3 Å². The predicted molar refractivity (Wildman–Crippen MR) is 135 cm³/mol. The van der Waals surface area contributed by atoms with E-state index < -0.39 is 0 Å². The number of aliphatic hydroxyl groups is 1. The molecular formula is C29H36IrNO2-. The first kappa shape index (κ1) is 28.7. The molecule has 0 amide bonds. The molecule has 0 aliphatic carbocycles. The summed E-state index contributed by atoms with van der Waals surface area (Å²) >= 11 is 0. The maximum Gasteiger partial charge on any atom is 0.162 e. The molecule has 3 rings (SSSR count). The van der Waals surface area contributed by atoms with Gasteiger partial charge in [0, 0.05) is 43.4 Å². The smallest absolute Gasteiger partial charge is 0.162 e. The Balaban J connectivity index is 0.000000346. The molecule has 0 saturated carbocycles. The molecule has 0 atom stereocenters. The van der Waals surface area contributed by atoms with Gasteiger partial charge in [-0.05, 0) is 37.1 Å². The summed E-state index contributed by atoms with van der Waals surface area (Å²) < 4.78 is 0. The van der Waals surface area contributed by atoms with Crippen LogP contribution in [-0.2, 0) is 24.9 Å². The molecule has 2 aromatic carbocycles. The summed E-state index contributed by atoms with van der Waals surface area (Å²) in [7, 11) is 0. The van der Waals surface area contributed by atoms with E-state index in [1.165, 1.54) is 22.6 Å². The largest absolute Gasteiger partial charge is 0.512 e. The molecule has 0 bridgehead atoms. The number of nitrogens with zero attached hydrogens (tertiary/aromatic N) is 1. The van der Waals surface area contributed by atoms with Crippen LogP contribution in [0.2, 0.25) is 0 Å². The zero-order chi connectivity index (χ0) is 23.8. The number of ketones is 1. The number of aliphatic hydroxyl groups excluding tert-OH is 1. The van der Waals surface area contributed by atoms with E-state index >= 15 is 0 Å². The molecule has 1 N–H and O–H groups in total. The van der Waals surface area contributed by atoms with Crippen LogP contribution in [-0.4, -0.2) is 15.9 Å². The Morgan fingerprint density at radius 1 is 1.06 bits per heavy atom. The second-order valence-electron chi connectivity index (χ2n) is 8.73. The summed E-state index contributed by atoms with van der Waals surface area (Å²) in [5.41, 5.74) is 6.77. The Morgan fingerprint density at radius 2 is 1.73 bits per heavy atom. The van der Waals surface area contributed by atoms with Gasteiger partial charge in [-0.25, -0.2) is 0 Å². The van der Waals surface area contributed by atoms with E-state index in [1.54, 1.807) is 0 Å². The van der Waals surface area contributed by atoms with E-state index in [1.807, 2.05) is 27.7 Å². The Bertz CT molecular complexity index is 1080. The first-order valence-electron chi connectivity index (χ1n) is 11.5. The number of benzene rings is 2. The van der Waals surface area contributed by atoms with Gasteiger partial charge in [-0.1, -0.05) is 65.8 Å². The van der Waals surface area contributed by atoms with Crippen LogP contribution in [0.5, 0.6) is 0 Å². The fourth-order valence-corrected chi connectivity index (χ4v) is 3.61. The molecule has 0 aliphatic heterocycles. The van der Waals surface area contributed by atoms with Crippen molar-refractivity contribution < 1.29 is 30.0 Å². The van der Waals surface area contributed by atoms with Crippen molar-refractivity contribution in [1.29, 1.82) is 0 Å². The summed E-state index contributed by atoms with van der Waals surface area (Å²) in [6.07, 6.45) is 3.07. The van der Waals surface area contributed by atoms with Crippen molar-refractivity contribution in [3.8, 4) is 11.3 Å². The van der Waals surface area contributed by atoms with Crippen LogP contribution in [0, 0.1) is 38.7 Å². The quantitative estimate of drug-likeness (QED) is 0.174. The molecular weight excluding hydrogens is 587 g/mol. The van der Waals surface area contributed by atoms with Gasteiger partial charge in [0.15, 0.2) is 5.78 Å². The number of hydrogen-bond acceptors (Lipinski definition) is 3. The van der Waals surface area contributed by atoms with Crippen molar-refractivity contribution in [3.63, 3.8) is 0 Å². The fraction of sp³-hybridized carbons (Fsp3) is 0.379. The predicted octanol–water partition coefficient (Wildman–Crippen LogP) is 7.71. The maximum atomic E-state index is 11.5. The molecule has 3 aromatic rings. The van der Waals surface area contributed by atoms with Gasteiger partial charge in [0.25, 0.3) is 0 Å². The second-order valence-corrected chi connectivity index (χ2v) is 8.73. The third kappa shape index (κ3) is 8.21. The Kier molecular flexibility index (Phi) is 11.7. The molecule has 1 radical (unpaired) electrons. The molecule has 179 valence electrons. The van der Waals surface area contributed by atoms with Gasteiger partial charge >= 0.3 is 0 Å². The summed E-state index contributed by atoms with van der Waals surface area (Å²) in [5.74, 6) is 0.354. The molecule has 3 nitrogen and oxygen atoms in total. The maximum absolute atomic E-state index is 11.5. The average molecular weight is 623 g/mol. The van der Waals surface area contributed by atoms with E-state index in [0.717, 1.165) is 35.2 Å². The molecule has 0 spiro atoms. The van der Waals surface area contributed by atoms with Gasteiger partial charge in [0.1, 0.15) is 0 Å². The number of allylic oxidation sites excluding steroid dienone is 2. The first-order valence-corrected chi connectivity index (χ1v) is 11.5. The van der Waals surface area contributed by atoms with Crippen molar-refractivity contribution in [2.45, 2.75) is 61.3 Å². The minimum absolute atomic E-state index is 0. The summed E-state index contributed by atoms with van der Waals surface area (Å²) in [6, 6.07) is 18.1. The number of fused-ring (bicyclic) bond motifs is 1. The van der Waals surface area contributed by atoms with Gasteiger partial charge in [-0.3, -0.25) is 9.78 Å². The normalized spacial score (nSPS) is 11.2. The number of hydrogen-bond donors (Lipinski definition) is 1. The van der Waals surface area contributed by atoms with Crippen molar-refractivity contribution in [1.82, 2.24) is 4.98 Å². The number of rotatable bonds is 6. The zero-order valence-corrected chi connectivity index (χ0v) is 23.2. The van der Waals surface area contributed by atoms with Gasteiger partial charge < -0.3 is 5.11 Å². The van der Waals surface area contributed by atoms with Crippen molar-refractivity contribution in [2.24, 2.45) is 11.8 Å². The topological polar surface area (TPSA) is 50.2 Å². The van der Waals surface area contributed by atoms with Crippen LogP contribution < -0.4 is 0 Å². The van der Waals surface area contributed by atoms with Crippen LogP contribution in [0.3, 0.4) is 0 Å². The number of aryl methyl sites for hydroxylation is 3. The van der Waals surface area contributed by atoms with Crippen LogP contribution in [0.4, 0.5) is 0 Å². The molecule has 0 fully saturated rings. The standard InChI is InChI=1S/C18H16N.C11H20O2.Ir/c1-12-9-13(2)11-15(10-12)17-8-7-16-14(3)5-4-6-18(16)19-17;1-5-9(6-2)11(13)7-10(12)8(3)4;/h4-10H,1-3H3;7-9,12H,5-6H2,1-4H3;/q-1;;/b;10-7-;. The third-order valence-corrected chi connectivity index (χ3v) is 5.64. The Labute approximate surface area is 212 Å². The molecule has 0 saturated heterocycles. The van der Waals surface area contributed by atoms with Crippen LogP contribution in [0.25, 0.3) is 22.2 Å². The van der Waals surface area contributed by atoms with Gasteiger partial charge in [0.2, 0.25) is 0 Å². The average Bonchev–Trinajstić information content (AvgIpc) is 2.74. The molecule has 0 aliphatic rings. The van der Waals surface area contributed by atoms with Crippen LogP contribution in [0.1, 0.15) is 57.2 Å². The Morgan fingerprint density at radius 3 is 2.30 bits per heavy atom. The van der Waals surface area contributed by atoms with Crippen molar-refractivity contribution in [3.05, 3.63) is 77.1 Å². The van der Waals surface area contributed by atoms with Crippen LogP contribution >= 0.6 is 0 Å². The summed E-state index contributed by atoms with van der Waals surface area (Å²) in [5, 5.41) is 10.6. The number of carbonyl (C=O) groups excluding carboxylic acids is 1. The van der Waals surface area contributed by atoms with Crippen molar-refractivity contribution in [2.75, 3.05) is 0 Å². The minimum Gasteiger partial charge on any atom is -0.512 e. The third-order valence-electron chi connectivity index (χ3n) is 5.64. The number of pyridine rings is 1. The van der Waals surface area contributed by atoms with E-state index in [2.05, 4.69) is 69.3 Å². The fourth-order valence-electron chi connectivity index (χ4n) is 3.61. The van der Waals surface area contributed by atoms with Gasteiger partial charge in [-0.15, -0.1) is 34.9 Å². The SMILES string of the molecule is CCC(CC)C(=O)/C=C(\O)C(C)C.Cc1[c-]c(-c2ccc3c(C)cccc3n2)cc(C)c1.[Ir]. The van der Waals surface area contributed by atoms with E-state index in [9.17, 15) is 9.90 Å². The minimum atomic E-state index is 0. The monoisotopic (exact) mass is 623 g/mol. The van der Waals surface area contributed by atoms with Crippen LogP contribution in [0.15, 0.2) is 54.3 Å². The summed E-state index contributed by atoms with van der Waals surface area (Å²) in [4.78, 5) is 16.2. The zero-order valence-electron chi connectivity index (χ0n) is 20.8. The van der Waals surface area contributed by atoms with E-state index in [4.69, 9.17) is 4.98 Å². The number of carbonyl (C=O) groups is 1. The van der Waals surface area contributed by atoms with E-state index in [-0.39, 0.29) is 43.5 Å². The molecule has 33 heavy (non-hydrogen) atoms. The molecule has 1 aromatic heterocycles. The van der Waals surface area contributed by atoms with Gasteiger partial charge in [-0.2, -0.15) is 0 Å². The molecule has 0 unspecified atom stereocenters. The van der Waals surface area contributed by atoms with Crippen molar-refractivity contribution >= 4 is 16.7 Å². The molecule has 4 heteroatoms. The van der Waals surface area contributed by atoms with E-state index in [0.29, 0.717) is 0 Å². The molecule has 1 heterocycles.